The second kappa shape index (κ2) is 6.85. The van der Waals surface area contributed by atoms with Gasteiger partial charge in [-0.3, -0.25) is 4.79 Å². The van der Waals surface area contributed by atoms with Crippen molar-refractivity contribution >= 4 is 11.7 Å². The first-order chi connectivity index (χ1) is 8.16. The fraction of sp³-hybridized carbons (Fsp3) is 0.500. The summed E-state index contributed by atoms with van der Waals surface area (Å²) in [7, 11) is 0. The Morgan fingerprint density at radius 2 is 2.18 bits per heavy atom. The number of aryl methyl sites for hydroxylation is 1. The third kappa shape index (κ3) is 4.03. The molecule has 0 saturated carbocycles. The molecule has 0 atom stereocenters. The Bertz CT molecular complexity index is 379. The number of nitrogens with one attached hydrogen (secondary N) is 2. The molecule has 1 heterocycles. The lowest BCUT2D eigenvalue weighted by molar-refractivity contribution is 0.1000. The molecule has 0 unspecified atom stereocenters. The van der Waals surface area contributed by atoms with E-state index in [1.54, 1.807) is 12.3 Å². The Morgan fingerprint density at radius 1 is 1.41 bits per heavy atom. The number of aromatic nitrogens is 1. The molecule has 5 nitrogen and oxygen atoms in total. The van der Waals surface area contributed by atoms with Gasteiger partial charge in [0.25, 0.3) is 5.91 Å². The molecule has 0 aliphatic rings. The summed E-state index contributed by atoms with van der Waals surface area (Å²) in [6.07, 6.45) is 2.78. The van der Waals surface area contributed by atoms with Crippen LogP contribution in [0.15, 0.2) is 12.3 Å². The number of primary amides is 1. The van der Waals surface area contributed by atoms with E-state index in [1.807, 2.05) is 6.92 Å². The highest BCUT2D eigenvalue weighted by molar-refractivity contribution is 5.98. The molecule has 1 rings (SSSR count). The van der Waals surface area contributed by atoms with Crippen LogP contribution in [-0.4, -0.2) is 30.5 Å². The average molecular weight is 236 g/mol. The van der Waals surface area contributed by atoms with Gasteiger partial charge >= 0.3 is 0 Å². The van der Waals surface area contributed by atoms with Crippen molar-refractivity contribution in [2.75, 3.05) is 25.0 Å². The molecule has 4 N–H and O–H groups in total. The van der Waals surface area contributed by atoms with Crippen LogP contribution in [0.4, 0.5) is 5.82 Å². The lowest BCUT2D eigenvalue weighted by Gasteiger charge is -2.11. The molecule has 17 heavy (non-hydrogen) atoms. The van der Waals surface area contributed by atoms with Crippen LogP contribution >= 0.6 is 0 Å². The summed E-state index contributed by atoms with van der Waals surface area (Å²) >= 11 is 0. The van der Waals surface area contributed by atoms with Crippen molar-refractivity contribution in [1.82, 2.24) is 10.3 Å². The molecular formula is C12H20N4O. The molecule has 94 valence electrons. The summed E-state index contributed by atoms with van der Waals surface area (Å²) < 4.78 is 0. The second-order valence-corrected chi connectivity index (χ2v) is 3.89. The number of nitrogens with zero attached hydrogens (tertiary/aromatic N) is 1. The molecule has 1 amide bonds. The summed E-state index contributed by atoms with van der Waals surface area (Å²) in [5.74, 6) is 0.121. The monoisotopic (exact) mass is 236 g/mol. The van der Waals surface area contributed by atoms with E-state index in [0.29, 0.717) is 11.4 Å². The molecule has 0 saturated heterocycles. The van der Waals surface area contributed by atoms with Crippen LogP contribution in [0.25, 0.3) is 0 Å². The first-order valence-electron chi connectivity index (χ1n) is 5.86. The minimum absolute atomic E-state index is 0.445. The number of hydrogen-bond acceptors (Lipinski definition) is 4. The standard InChI is InChI=1S/C12H20N4O/c1-3-5-14-7-8-16-12-10(11(13)17)9(2)4-6-15-12/h4,6,14H,3,5,7-8H2,1-2H3,(H2,13,17)(H,15,16). The van der Waals surface area contributed by atoms with Gasteiger partial charge in [-0.05, 0) is 31.5 Å². The highest BCUT2D eigenvalue weighted by atomic mass is 16.1. The van der Waals surface area contributed by atoms with Crippen molar-refractivity contribution in [1.29, 1.82) is 0 Å². The van der Waals surface area contributed by atoms with Crippen LogP contribution in [0, 0.1) is 6.92 Å². The van der Waals surface area contributed by atoms with Crippen molar-refractivity contribution in [2.45, 2.75) is 20.3 Å². The molecule has 1 aromatic rings. The SMILES string of the molecule is CCCNCCNc1nccc(C)c1C(N)=O. The minimum atomic E-state index is -0.445. The summed E-state index contributed by atoms with van der Waals surface area (Å²) in [4.78, 5) is 15.4. The molecule has 0 radical (unpaired) electrons. The van der Waals surface area contributed by atoms with E-state index in [0.717, 1.165) is 31.6 Å². The van der Waals surface area contributed by atoms with Crippen molar-refractivity contribution in [3.05, 3.63) is 23.4 Å². The lowest BCUT2D eigenvalue weighted by Crippen LogP contribution is -2.24. The molecule has 0 aliphatic carbocycles. The summed E-state index contributed by atoms with van der Waals surface area (Å²) in [6, 6.07) is 1.78. The highest BCUT2D eigenvalue weighted by Crippen LogP contribution is 2.15. The Kier molecular flexibility index (Phi) is 5.42. The summed E-state index contributed by atoms with van der Waals surface area (Å²) in [5, 5.41) is 6.38. The van der Waals surface area contributed by atoms with Gasteiger partial charge in [-0.15, -0.1) is 0 Å². The van der Waals surface area contributed by atoms with Crippen molar-refractivity contribution in [3.63, 3.8) is 0 Å². The highest BCUT2D eigenvalue weighted by Gasteiger charge is 2.11. The smallest absolute Gasteiger partial charge is 0.252 e. The Labute approximate surface area is 102 Å². The number of rotatable bonds is 7. The maximum atomic E-state index is 11.3. The van der Waals surface area contributed by atoms with Gasteiger partial charge in [0, 0.05) is 19.3 Å². The zero-order chi connectivity index (χ0) is 12.7. The van der Waals surface area contributed by atoms with Gasteiger partial charge in [-0.2, -0.15) is 0 Å². The third-order valence-corrected chi connectivity index (χ3v) is 2.43. The van der Waals surface area contributed by atoms with Gasteiger partial charge < -0.3 is 16.4 Å². The van der Waals surface area contributed by atoms with Crippen molar-refractivity contribution in [3.8, 4) is 0 Å². The molecule has 0 bridgehead atoms. The maximum absolute atomic E-state index is 11.3. The Balaban J connectivity index is 2.58. The van der Waals surface area contributed by atoms with Gasteiger partial charge in [-0.25, -0.2) is 4.98 Å². The summed E-state index contributed by atoms with van der Waals surface area (Å²) in [5.41, 5.74) is 6.65. The third-order valence-electron chi connectivity index (χ3n) is 2.43. The number of pyridine rings is 1. The average Bonchev–Trinajstić information content (AvgIpc) is 2.28. The quantitative estimate of drug-likeness (QED) is 0.614. The van der Waals surface area contributed by atoms with E-state index in [2.05, 4.69) is 22.5 Å². The van der Waals surface area contributed by atoms with Crippen LogP contribution in [-0.2, 0) is 0 Å². The van der Waals surface area contributed by atoms with E-state index in [4.69, 9.17) is 5.73 Å². The van der Waals surface area contributed by atoms with Gasteiger partial charge in [-0.1, -0.05) is 6.92 Å². The Hall–Kier alpha value is -1.62. The largest absolute Gasteiger partial charge is 0.368 e. The topological polar surface area (TPSA) is 80.0 Å². The zero-order valence-corrected chi connectivity index (χ0v) is 10.4. The lowest BCUT2D eigenvalue weighted by atomic mass is 10.1. The van der Waals surface area contributed by atoms with E-state index < -0.39 is 5.91 Å². The fourth-order valence-corrected chi connectivity index (χ4v) is 1.57. The van der Waals surface area contributed by atoms with Gasteiger partial charge in [0.15, 0.2) is 0 Å². The molecule has 0 fully saturated rings. The normalized spacial score (nSPS) is 10.2. The van der Waals surface area contributed by atoms with E-state index in [9.17, 15) is 4.79 Å². The van der Waals surface area contributed by atoms with Crippen LogP contribution in [0.2, 0.25) is 0 Å². The number of nitrogens with two attached hydrogens (primary N) is 1. The first kappa shape index (κ1) is 13.4. The van der Waals surface area contributed by atoms with Crippen LogP contribution < -0.4 is 16.4 Å². The number of carbonyl (C=O) groups excluding carboxylic acids is 1. The Morgan fingerprint density at radius 3 is 2.82 bits per heavy atom. The molecule has 1 aromatic heterocycles. The van der Waals surface area contributed by atoms with Gasteiger partial charge in [0.1, 0.15) is 5.82 Å². The number of amides is 1. The predicted molar refractivity (Wildman–Crippen MR) is 69.1 cm³/mol. The molecule has 0 aromatic carbocycles. The molecule has 0 aliphatic heterocycles. The van der Waals surface area contributed by atoms with E-state index >= 15 is 0 Å². The number of hydrogen-bond donors (Lipinski definition) is 3. The van der Waals surface area contributed by atoms with Crippen molar-refractivity contribution in [2.24, 2.45) is 5.73 Å². The second-order valence-electron chi connectivity index (χ2n) is 3.89. The fourth-order valence-electron chi connectivity index (χ4n) is 1.57. The minimum Gasteiger partial charge on any atom is -0.368 e. The maximum Gasteiger partial charge on any atom is 0.252 e. The molecular weight excluding hydrogens is 216 g/mol. The molecule has 5 heteroatoms. The molecule has 0 spiro atoms. The van der Waals surface area contributed by atoms with E-state index in [-0.39, 0.29) is 0 Å². The summed E-state index contributed by atoms with van der Waals surface area (Å²) in [6.45, 7) is 6.51. The zero-order valence-electron chi connectivity index (χ0n) is 10.4. The van der Waals surface area contributed by atoms with Crippen LogP contribution in [0.5, 0.6) is 0 Å². The van der Waals surface area contributed by atoms with Gasteiger partial charge in [0.2, 0.25) is 0 Å². The predicted octanol–water partition coefficient (Wildman–Crippen LogP) is 0.900. The number of carbonyl (C=O) groups is 1. The van der Waals surface area contributed by atoms with E-state index in [1.165, 1.54) is 0 Å². The van der Waals surface area contributed by atoms with Crippen LogP contribution in [0.3, 0.4) is 0 Å². The van der Waals surface area contributed by atoms with Crippen LogP contribution in [0.1, 0.15) is 29.3 Å². The number of anilines is 1. The van der Waals surface area contributed by atoms with Crippen molar-refractivity contribution < 1.29 is 4.79 Å². The van der Waals surface area contributed by atoms with Gasteiger partial charge in [0.05, 0.1) is 5.56 Å². The first-order valence-corrected chi connectivity index (χ1v) is 5.86.